The summed E-state index contributed by atoms with van der Waals surface area (Å²) in [4.78, 5) is 19.2. The van der Waals surface area contributed by atoms with Crippen molar-refractivity contribution in [2.75, 3.05) is 30.4 Å². The van der Waals surface area contributed by atoms with Crippen LogP contribution in [0.3, 0.4) is 0 Å². The van der Waals surface area contributed by atoms with Crippen LogP contribution in [0.25, 0.3) is 0 Å². The monoisotopic (exact) mass is 286 g/mol. The van der Waals surface area contributed by atoms with Crippen molar-refractivity contribution in [1.29, 1.82) is 0 Å². The number of hydrogen-bond acceptors (Lipinski definition) is 7. The molecule has 3 heterocycles. The number of nitrogens with zero attached hydrogens (tertiary/aromatic N) is 5. The number of rotatable bonds is 4. The van der Waals surface area contributed by atoms with E-state index in [4.69, 9.17) is 4.74 Å². The second kappa shape index (κ2) is 5.90. The Kier molecular flexibility index (Phi) is 3.81. The highest BCUT2D eigenvalue weighted by molar-refractivity contribution is 5.43. The third-order valence-electron chi connectivity index (χ3n) is 3.48. The van der Waals surface area contributed by atoms with Crippen LogP contribution in [0.4, 0.5) is 11.8 Å². The van der Waals surface area contributed by atoms with Gasteiger partial charge in [-0.1, -0.05) is 0 Å². The molecule has 0 spiro atoms. The van der Waals surface area contributed by atoms with Gasteiger partial charge in [0.2, 0.25) is 11.8 Å². The van der Waals surface area contributed by atoms with Gasteiger partial charge in [-0.3, -0.25) is 0 Å². The highest BCUT2D eigenvalue weighted by atomic mass is 16.5. The van der Waals surface area contributed by atoms with Crippen LogP contribution in [0.5, 0.6) is 5.88 Å². The van der Waals surface area contributed by atoms with E-state index in [0.717, 1.165) is 31.0 Å². The largest absolute Gasteiger partial charge is 0.481 e. The van der Waals surface area contributed by atoms with Crippen LogP contribution in [0.2, 0.25) is 0 Å². The van der Waals surface area contributed by atoms with Crippen molar-refractivity contribution >= 4 is 11.8 Å². The predicted octanol–water partition coefficient (Wildman–Crippen LogP) is 1.27. The van der Waals surface area contributed by atoms with Gasteiger partial charge in [-0.2, -0.15) is 0 Å². The summed E-state index contributed by atoms with van der Waals surface area (Å²) in [5.74, 6) is 2.15. The van der Waals surface area contributed by atoms with E-state index < -0.39 is 0 Å². The standard InChI is InChI=1S/C14H18N6O/c1-10-3-5-15-14(18-10)19-11-4-6-20(8-11)12-7-13(21-2)17-9-16-12/h3,5,7,9,11H,4,6,8H2,1-2H3,(H,15,18,19). The van der Waals surface area contributed by atoms with E-state index in [-0.39, 0.29) is 0 Å². The molecular weight excluding hydrogens is 268 g/mol. The normalized spacial score (nSPS) is 17.8. The number of aromatic nitrogens is 4. The molecule has 7 nitrogen and oxygen atoms in total. The third kappa shape index (κ3) is 3.18. The maximum atomic E-state index is 5.14. The Morgan fingerprint density at radius 2 is 2.24 bits per heavy atom. The molecule has 110 valence electrons. The molecule has 1 aliphatic heterocycles. The van der Waals surface area contributed by atoms with Gasteiger partial charge >= 0.3 is 0 Å². The van der Waals surface area contributed by atoms with E-state index in [9.17, 15) is 0 Å². The van der Waals surface area contributed by atoms with E-state index in [0.29, 0.717) is 17.9 Å². The molecule has 2 aromatic rings. The number of hydrogen-bond donors (Lipinski definition) is 1. The Balaban J connectivity index is 1.65. The Bertz CT molecular complexity index is 620. The van der Waals surface area contributed by atoms with Crippen molar-refractivity contribution in [3.05, 3.63) is 30.4 Å². The van der Waals surface area contributed by atoms with Crippen LogP contribution >= 0.6 is 0 Å². The second-order valence-electron chi connectivity index (χ2n) is 5.02. The first-order valence-electron chi connectivity index (χ1n) is 6.92. The molecule has 2 aromatic heterocycles. The SMILES string of the molecule is COc1cc(N2CCC(Nc3nccc(C)n3)C2)ncn1. The first-order chi connectivity index (χ1) is 10.2. The van der Waals surface area contributed by atoms with E-state index in [1.165, 1.54) is 6.33 Å². The summed E-state index contributed by atoms with van der Waals surface area (Å²) >= 11 is 0. The van der Waals surface area contributed by atoms with Gasteiger partial charge in [0.1, 0.15) is 12.1 Å². The van der Waals surface area contributed by atoms with Crippen LogP contribution in [0, 0.1) is 6.92 Å². The van der Waals surface area contributed by atoms with Crippen LogP contribution in [-0.4, -0.2) is 46.2 Å². The molecule has 0 radical (unpaired) electrons. The smallest absolute Gasteiger partial charge is 0.223 e. The van der Waals surface area contributed by atoms with E-state index in [1.54, 1.807) is 13.3 Å². The van der Waals surface area contributed by atoms with Gasteiger partial charge in [-0.05, 0) is 19.4 Å². The Morgan fingerprint density at radius 3 is 3.05 bits per heavy atom. The highest BCUT2D eigenvalue weighted by Crippen LogP contribution is 2.21. The molecule has 0 bridgehead atoms. The van der Waals surface area contributed by atoms with Gasteiger partial charge in [0, 0.05) is 37.1 Å². The number of nitrogens with one attached hydrogen (secondary N) is 1. The first kappa shape index (κ1) is 13.5. The highest BCUT2D eigenvalue weighted by Gasteiger charge is 2.24. The van der Waals surface area contributed by atoms with Gasteiger partial charge in [-0.15, -0.1) is 0 Å². The molecule has 1 unspecified atom stereocenters. The van der Waals surface area contributed by atoms with Crippen LogP contribution in [-0.2, 0) is 0 Å². The summed E-state index contributed by atoms with van der Waals surface area (Å²) in [6, 6.07) is 4.05. The van der Waals surface area contributed by atoms with Crippen molar-refractivity contribution in [3.63, 3.8) is 0 Å². The zero-order chi connectivity index (χ0) is 14.7. The summed E-state index contributed by atoms with van der Waals surface area (Å²) in [6.07, 6.45) is 4.31. The molecule has 1 fully saturated rings. The molecule has 1 atom stereocenters. The molecule has 0 saturated carbocycles. The third-order valence-corrected chi connectivity index (χ3v) is 3.48. The summed E-state index contributed by atoms with van der Waals surface area (Å²) in [5, 5.41) is 3.37. The van der Waals surface area contributed by atoms with Crippen LogP contribution in [0.15, 0.2) is 24.7 Å². The van der Waals surface area contributed by atoms with Gasteiger partial charge in [0.15, 0.2) is 0 Å². The zero-order valence-corrected chi connectivity index (χ0v) is 12.2. The molecule has 7 heteroatoms. The Labute approximate surface area is 123 Å². The Hall–Kier alpha value is -2.44. The molecule has 21 heavy (non-hydrogen) atoms. The van der Waals surface area contributed by atoms with Crippen molar-refractivity contribution in [2.24, 2.45) is 0 Å². The van der Waals surface area contributed by atoms with Crippen molar-refractivity contribution in [1.82, 2.24) is 19.9 Å². The average molecular weight is 286 g/mol. The first-order valence-corrected chi connectivity index (χ1v) is 6.92. The Morgan fingerprint density at radius 1 is 1.33 bits per heavy atom. The topological polar surface area (TPSA) is 76.1 Å². The van der Waals surface area contributed by atoms with Gasteiger partial charge in [0.05, 0.1) is 7.11 Å². The maximum Gasteiger partial charge on any atom is 0.223 e. The number of methoxy groups -OCH3 is 1. The van der Waals surface area contributed by atoms with E-state index in [2.05, 4.69) is 30.2 Å². The fraction of sp³-hybridized carbons (Fsp3) is 0.429. The number of ether oxygens (including phenoxy) is 1. The average Bonchev–Trinajstić information content (AvgIpc) is 2.96. The predicted molar refractivity (Wildman–Crippen MR) is 79.6 cm³/mol. The summed E-state index contributed by atoms with van der Waals surface area (Å²) in [5.41, 5.74) is 0.961. The molecular formula is C14H18N6O. The molecule has 0 amide bonds. The van der Waals surface area contributed by atoms with Gasteiger partial charge in [0.25, 0.3) is 0 Å². The maximum absolute atomic E-state index is 5.14. The molecule has 0 aliphatic carbocycles. The minimum absolute atomic E-state index is 0.313. The molecule has 0 aromatic carbocycles. The fourth-order valence-electron chi connectivity index (χ4n) is 2.40. The summed E-state index contributed by atoms with van der Waals surface area (Å²) in [7, 11) is 1.61. The lowest BCUT2D eigenvalue weighted by molar-refractivity contribution is 0.397. The van der Waals surface area contributed by atoms with Gasteiger partial charge < -0.3 is 15.0 Å². The minimum Gasteiger partial charge on any atom is -0.481 e. The van der Waals surface area contributed by atoms with E-state index >= 15 is 0 Å². The van der Waals surface area contributed by atoms with Crippen molar-refractivity contribution in [3.8, 4) is 5.88 Å². The van der Waals surface area contributed by atoms with E-state index in [1.807, 2.05) is 19.1 Å². The van der Waals surface area contributed by atoms with Crippen molar-refractivity contribution < 1.29 is 4.74 Å². The minimum atomic E-state index is 0.313. The molecule has 3 rings (SSSR count). The fourth-order valence-corrected chi connectivity index (χ4v) is 2.40. The zero-order valence-electron chi connectivity index (χ0n) is 12.2. The lowest BCUT2D eigenvalue weighted by Crippen LogP contribution is -2.27. The molecule has 1 saturated heterocycles. The lowest BCUT2D eigenvalue weighted by atomic mass is 10.3. The number of anilines is 2. The molecule has 1 aliphatic rings. The van der Waals surface area contributed by atoms with Crippen LogP contribution in [0.1, 0.15) is 12.1 Å². The number of aryl methyl sites for hydroxylation is 1. The van der Waals surface area contributed by atoms with Crippen molar-refractivity contribution in [2.45, 2.75) is 19.4 Å². The second-order valence-corrected chi connectivity index (χ2v) is 5.02. The summed E-state index contributed by atoms with van der Waals surface area (Å²) < 4.78 is 5.14. The quantitative estimate of drug-likeness (QED) is 0.907. The molecule has 1 N–H and O–H groups in total. The van der Waals surface area contributed by atoms with Crippen LogP contribution < -0.4 is 15.0 Å². The van der Waals surface area contributed by atoms with Gasteiger partial charge in [-0.25, -0.2) is 19.9 Å². The lowest BCUT2D eigenvalue weighted by Gasteiger charge is -2.18. The summed E-state index contributed by atoms with van der Waals surface area (Å²) in [6.45, 7) is 3.75.